The van der Waals surface area contributed by atoms with Crippen molar-refractivity contribution in [2.24, 2.45) is 5.73 Å². The maximum absolute atomic E-state index is 10.9. The summed E-state index contributed by atoms with van der Waals surface area (Å²) in [6, 6.07) is 4.27. The normalized spacial score (nSPS) is 12.1. The molecule has 4 N–H and O–H groups in total. The molecular formula is C10H13NO4. The molecule has 0 bridgehead atoms. The van der Waals surface area contributed by atoms with E-state index < -0.39 is 11.9 Å². The number of nitrogens with two attached hydrogens (primary N) is 1. The maximum Gasteiger partial charge on any atom is 0.312 e. The quantitative estimate of drug-likeness (QED) is 0.675. The first-order valence-electron chi connectivity index (χ1n) is 4.40. The van der Waals surface area contributed by atoms with Gasteiger partial charge in [-0.1, -0.05) is 6.07 Å². The average molecular weight is 211 g/mol. The third-order valence-corrected chi connectivity index (χ3v) is 2.13. The molecule has 5 nitrogen and oxygen atoms in total. The Labute approximate surface area is 87.1 Å². The number of phenols is 1. The Morgan fingerprint density at radius 2 is 2.27 bits per heavy atom. The summed E-state index contributed by atoms with van der Waals surface area (Å²) in [5, 5.41) is 18.1. The van der Waals surface area contributed by atoms with E-state index in [0.29, 0.717) is 11.3 Å². The first kappa shape index (κ1) is 11.3. The summed E-state index contributed by atoms with van der Waals surface area (Å²) in [5.74, 6) is -1.48. The summed E-state index contributed by atoms with van der Waals surface area (Å²) in [5.41, 5.74) is 5.83. The minimum absolute atomic E-state index is 0.0174. The van der Waals surface area contributed by atoms with E-state index in [1.165, 1.54) is 25.3 Å². The van der Waals surface area contributed by atoms with Crippen molar-refractivity contribution in [2.75, 3.05) is 13.7 Å². The second-order valence-electron chi connectivity index (χ2n) is 3.05. The van der Waals surface area contributed by atoms with E-state index in [4.69, 9.17) is 15.6 Å². The Kier molecular flexibility index (Phi) is 3.51. The number of methoxy groups -OCH3 is 1. The first-order chi connectivity index (χ1) is 7.10. The molecule has 0 aliphatic heterocycles. The number of carbonyl (C=O) groups is 1. The smallest absolute Gasteiger partial charge is 0.312 e. The molecule has 0 aromatic heterocycles. The molecule has 0 heterocycles. The minimum Gasteiger partial charge on any atom is -0.508 e. The molecule has 0 amide bonds. The molecule has 1 aromatic carbocycles. The molecule has 0 saturated heterocycles. The Hall–Kier alpha value is -1.75. The minimum atomic E-state index is -1.01. The van der Waals surface area contributed by atoms with Gasteiger partial charge >= 0.3 is 5.97 Å². The van der Waals surface area contributed by atoms with E-state index in [9.17, 15) is 9.90 Å². The lowest BCUT2D eigenvalue weighted by Crippen LogP contribution is -2.21. The van der Waals surface area contributed by atoms with E-state index in [0.717, 1.165) is 0 Å². The predicted octanol–water partition coefficient (Wildman–Crippen LogP) is 0.528. The van der Waals surface area contributed by atoms with Crippen molar-refractivity contribution in [1.29, 1.82) is 0 Å². The van der Waals surface area contributed by atoms with Crippen LogP contribution in [0.15, 0.2) is 18.2 Å². The van der Waals surface area contributed by atoms with Crippen LogP contribution in [0.25, 0.3) is 0 Å². The molecule has 0 saturated carbocycles. The molecule has 15 heavy (non-hydrogen) atoms. The highest BCUT2D eigenvalue weighted by molar-refractivity contribution is 5.77. The summed E-state index contributed by atoms with van der Waals surface area (Å²) in [6.45, 7) is -0.0174. The van der Waals surface area contributed by atoms with Crippen LogP contribution in [0, 0.1) is 0 Å². The Balaban J connectivity index is 3.16. The fourth-order valence-corrected chi connectivity index (χ4v) is 1.35. The molecule has 82 valence electrons. The van der Waals surface area contributed by atoms with E-state index in [1.54, 1.807) is 0 Å². The summed E-state index contributed by atoms with van der Waals surface area (Å²) in [4.78, 5) is 10.9. The molecule has 1 rings (SSSR count). The number of hydrogen-bond donors (Lipinski definition) is 3. The lowest BCUT2D eigenvalue weighted by molar-refractivity contribution is -0.138. The van der Waals surface area contributed by atoms with Crippen LogP contribution in [0.5, 0.6) is 11.5 Å². The summed E-state index contributed by atoms with van der Waals surface area (Å²) < 4.78 is 4.98. The third-order valence-electron chi connectivity index (χ3n) is 2.13. The number of rotatable bonds is 4. The van der Waals surface area contributed by atoms with Gasteiger partial charge < -0.3 is 20.7 Å². The standard InChI is InChI=1S/C10H13NO4/c1-15-9-4-6(12)2-3-7(9)8(5-11)10(13)14/h2-4,8,12H,5,11H2,1H3,(H,13,14). The second kappa shape index (κ2) is 4.65. The van der Waals surface area contributed by atoms with Crippen LogP contribution < -0.4 is 10.5 Å². The summed E-state index contributed by atoms with van der Waals surface area (Å²) in [6.07, 6.45) is 0. The topological polar surface area (TPSA) is 92.8 Å². The monoisotopic (exact) mass is 211 g/mol. The van der Waals surface area contributed by atoms with Gasteiger partial charge in [0.15, 0.2) is 0 Å². The van der Waals surface area contributed by atoms with Gasteiger partial charge in [0, 0.05) is 18.2 Å². The van der Waals surface area contributed by atoms with Gasteiger partial charge in [-0.3, -0.25) is 4.79 Å². The highest BCUT2D eigenvalue weighted by Crippen LogP contribution is 2.29. The molecule has 5 heteroatoms. The fourth-order valence-electron chi connectivity index (χ4n) is 1.35. The molecular weight excluding hydrogens is 198 g/mol. The van der Waals surface area contributed by atoms with Crippen LogP contribution in [0.1, 0.15) is 11.5 Å². The van der Waals surface area contributed by atoms with Crippen molar-refractivity contribution in [3.63, 3.8) is 0 Å². The van der Waals surface area contributed by atoms with Gasteiger partial charge in [-0.15, -0.1) is 0 Å². The number of aromatic hydroxyl groups is 1. The van der Waals surface area contributed by atoms with Crippen LogP contribution in [-0.2, 0) is 4.79 Å². The van der Waals surface area contributed by atoms with Crippen LogP contribution in [0.3, 0.4) is 0 Å². The molecule has 0 aliphatic carbocycles. The highest BCUT2D eigenvalue weighted by atomic mass is 16.5. The van der Waals surface area contributed by atoms with Gasteiger partial charge in [0.25, 0.3) is 0 Å². The summed E-state index contributed by atoms with van der Waals surface area (Å²) in [7, 11) is 1.41. The molecule has 0 spiro atoms. The number of ether oxygens (including phenoxy) is 1. The Bertz CT molecular complexity index is 364. The fraction of sp³-hybridized carbons (Fsp3) is 0.300. The van der Waals surface area contributed by atoms with E-state index in [-0.39, 0.29) is 12.3 Å². The van der Waals surface area contributed by atoms with Crippen LogP contribution in [0.4, 0.5) is 0 Å². The number of hydrogen-bond acceptors (Lipinski definition) is 4. The van der Waals surface area contributed by atoms with E-state index >= 15 is 0 Å². The Morgan fingerprint density at radius 3 is 2.73 bits per heavy atom. The van der Waals surface area contributed by atoms with Crippen molar-refractivity contribution < 1.29 is 19.7 Å². The Morgan fingerprint density at radius 1 is 1.60 bits per heavy atom. The zero-order valence-electron chi connectivity index (χ0n) is 8.30. The maximum atomic E-state index is 10.9. The van der Waals surface area contributed by atoms with Crippen molar-refractivity contribution in [2.45, 2.75) is 5.92 Å². The van der Waals surface area contributed by atoms with Gasteiger partial charge in [0.1, 0.15) is 11.5 Å². The molecule has 0 fully saturated rings. The second-order valence-corrected chi connectivity index (χ2v) is 3.05. The van der Waals surface area contributed by atoms with Crippen LogP contribution >= 0.6 is 0 Å². The number of phenolic OH excluding ortho intramolecular Hbond substituents is 1. The van der Waals surface area contributed by atoms with Gasteiger partial charge in [0.2, 0.25) is 0 Å². The molecule has 1 aromatic rings. The SMILES string of the molecule is COc1cc(O)ccc1C(CN)C(=O)O. The van der Waals surface area contributed by atoms with Gasteiger partial charge in [-0.05, 0) is 6.07 Å². The number of aliphatic carboxylic acids is 1. The van der Waals surface area contributed by atoms with Gasteiger partial charge in [-0.25, -0.2) is 0 Å². The van der Waals surface area contributed by atoms with Crippen LogP contribution in [-0.4, -0.2) is 29.8 Å². The summed E-state index contributed by atoms with van der Waals surface area (Å²) >= 11 is 0. The van der Waals surface area contributed by atoms with Crippen molar-refractivity contribution in [3.05, 3.63) is 23.8 Å². The molecule has 0 radical (unpaired) electrons. The van der Waals surface area contributed by atoms with Crippen molar-refractivity contribution in [1.82, 2.24) is 0 Å². The van der Waals surface area contributed by atoms with Crippen molar-refractivity contribution >= 4 is 5.97 Å². The molecule has 0 aliphatic rings. The van der Waals surface area contributed by atoms with Gasteiger partial charge in [-0.2, -0.15) is 0 Å². The van der Waals surface area contributed by atoms with Crippen molar-refractivity contribution in [3.8, 4) is 11.5 Å². The van der Waals surface area contributed by atoms with Crippen LogP contribution in [0.2, 0.25) is 0 Å². The number of carboxylic acids is 1. The third kappa shape index (κ3) is 2.38. The highest BCUT2D eigenvalue weighted by Gasteiger charge is 2.21. The lowest BCUT2D eigenvalue weighted by Gasteiger charge is -2.14. The van der Waals surface area contributed by atoms with E-state index in [1.807, 2.05) is 0 Å². The molecule has 1 atom stereocenters. The van der Waals surface area contributed by atoms with E-state index in [2.05, 4.69) is 0 Å². The zero-order valence-corrected chi connectivity index (χ0v) is 8.30. The van der Waals surface area contributed by atoms with Gasteiger partial charge in [0.05, 0.1) is 13.0 Å². The lowest BCUT2D eigenvalue weighted by atomic mass is 9.98. The first-order valence-corrected chi connectivity index (χ1v) is 4.40. The average Bonchev–Trinajstić information content (AvgIpc) is 2.20. The molecule has 1 unspecified atom stereocenters. The largest absolute Gasteiger partial charge is 0.508 e. The zero-order chi connectivity index (χ0) is 11.4. The number of benzene rings is 1. The predicted molar refractivity (Wildman–Crippen MR) is 54.1 cm³/mol. The number of carboxylic acid groups (broad SMARTS) is 1.